The average Bonchev–Trinajstić information content (AvgIpc) is 2.93. The van der Waals surface area contributed by atoms with Gasteiger partial charge in [0, 0.05) is 18.0 Å². The fraction of sp³-hybridized carbons (Fsp3) is 0.0556. The number of aromatic nitrogens is 4. The third kappa shape index (κ3) is 2.37. The molecule has 0 radical (unpaired) electrons. The molecule has 6 nitrogen and oxygen atoms in total. The van der Waals surface area contributed by atoms with Gasteiger partial charge in [0.15, 0.2) is 0 Å². The highest BCUT2D eigenvalue weighted by Crippen LogP contribution is 2.16. The average molecular weight is 336 g/mol. The summed E-state index contributed by atoms with van der Waals surface area (Å²) in [5, 5.41) is 3.31. The van der Waals surface area contributed by atoms with Crippen molar-refractivity contribution in [2.75, 3.05) is 0 Å². The van der Waals surface area contributed by atoms with Gasteiger partial charge in [-0.05, 0) is 43.3 Å². The van der Waals surface area contributed by atoms with Gasteiger partial charge in [-0.3, -0.25) is 24.2 Å². The van der Waals surface area contributed by atoms with Gasteiger partial charge in [0.05, 0.1) is 28.5 Å². The second kappa shape index (κ2) is 5.55. The number of benzene rings is 1. The third-order valence-electron chi connectivity index (χ3n) is 4.09. The van der Waals surface area contributed by atoms with Crippen LogP contribution in [0.2, 0.25) is 0 Å². The topological polar surface area (TPSA) is 72.7 Å². The number of nitrogens with zero attached hydrogens (tertiary/aromatic N) is 3. The summed E-state index contributed by atoms with van der Waals surface area (Å²) < 4.78 is 15.9. The number of nitrogens with one attached hydrogen (secondary N) is 1. The Balaban J connectivity index is 2.02. The summed E-state index contributed by atoms with van der Waals surface area (Å²) in [4.78, 5) is 29.4. The van der Waals surface area contributed by atoms with Crippen molar-refractivity contribution in [2.45, 2.75) is 6.92 Å². The summed E-state index contributed by atoms with van der Waals surface area (Å²) >= 11 is 0. The molecule has 0 amide bonds. The van der Waals surface area contributed by atoms with Crippen molar-refractivity contribution in [1.82, 2.24) is 19.3 Å². The predicted octanol–water partition coefficient (Wildman–Crippen LogP) is 2.31. The van der Waals surface area contributed by atoms with E-state index in [1.54, 1.807) is 31.5 Å². The molecule has 0 atom stereocenters. The Morgan fingerprint density at radius 3 is 2.52 bits per heavy atom. The summed E-state index contributed by atoms with van der Waals surface area (Å²) in [6.45, 7) is 1.71. The highest BCUT2D eigenvalue weighted by Gasteiger charge is 2.16. The van der Waals surface area contributed by atoms with Gasteiger partial charge >= 0.3 is 0 Å². The van der Waals surface area contributed by atoms with Crippen LogP contribution in [0, 0.1) is 12.7 Å². The van der Waals surface area contributed by atoms with E-state index in [1.807, 2.05) is 0 Å². The molecule has 3 aromatic heterocycles. The van der Waals surface area contributed by atoms with E-state index in [1.165, 1.54) is 39.6 Å². The predicted molar refractivity (Wildman–Crippen MR) is 92.0 cm³/mol. The van der Waals surface area contributed by atoms with Gasteiger partial charge in [0.1, 0.15) is 5.82 Å². The maximum Gasteiger partial charge on any atom is 0.280 e. The fourth-order valence-corrected chi connectivity index (χ4v) is 2.95. The molecule has 124 valence electrons. The van der Waals surface area contributed by atoms with Crippen LogP contribution < -0.4 is 11.1 Å². The number of aryl methyl sites for hydroxylation is 1. The van der Waals surface area contributed by atoms with Crippen LogP contribution in [0.1, 0.15) is 5.69 Å². The SMILES string of the molecule is Cc1c2c(=O)n(-c3ccc(F)cc3)[nH]c2cc(=O)n1-c1cccnc1. The van der Waals surface area contributed by atoms with E-state index in [9.17, 15) is 14.0 Å². The first-order valence-electron chi connectivity index (χ1n) is 7.60. The molecule has 7 heteroatoms. The van der Waals surface area contributed by atoms with E-state index in [2.05, 4.69) is 10.1 Å². The molecule has 4 aromatic rings. The van der Waals surface area contributed by atoms with Crippen molar-refractivity contribution < 1.29 is 4.39 Å². The van der Waals surface area contributed by atoms with Crippen molar-refractivity contribution in [3.8, 4) is 11.4 Å². The molecule has 0 aliphatic rings. The van der Waals surface area contributed by atoms with Gasteiger partial charge in [-0.2, -0.15) is 0 Å². The fourth-order valence-electron chi connectivity index (χ4n) is 2.95. The number of hydrogen-bond acceptors (Lipinski definition) is 3. The standard InChI is InChI=1S/C18H13FN4O2/c1-11-17-15(9-16(24)22(11)14-3-2-8-20-10-14)21-23(18(17)25)13-6-4-12(19)5-7-13/h2-10,21H,1H3. The molecule has 0 fully saturated rings. The zero-order valence-electron chi connectivity index (χ0n) is 13.2. The molecule has 0 unspecified atom stereocenters. The quantitative estimate of drug-likeness (QED) is 0.610. The minimum absolute atomic E-state index is 0.273. The minimum Gasteiger partial charge on any atom is -0.290 e. The first-order valence-corrected chi connectivity index (χ1v) is 7.60. The molecule has 0 spiro atoms. The van der Waals surface area contributed by atoms with Gasteiger partial charge in [-0.25, -0.2) is 9.07 Å². The lowest BCUT2D eigenvalue weighted by molar-refractivity contribution is 0.627. The summed E-state index contributed by atoms with van der Waals surface area (Å²) in [7, 11) is 0. The van der Waals surface area contributed by atoms with E-state index in [-0.39, 0.29) is 16.9 Å². The smallest absolute Gasteiger partial charge is 0.280 e. The number of fused-ring (bicyclic) bond motifs is 1. The third-order valence-corrected chi connectivity index (χ3v) is 4.09. The van der Waals surface area contributed by atoms with Crippen LogP contribution in [0.15, 0.2) is 64.4 Å². The molecule has 3 heterocycles. The molecular formula is C18H13FN4O2. The molecule has 0 bridgehead atoms. The van der Waals surface area contributed by atoms with Gasteiger partial charge in [0.25, 0.3) is 11.1 Å². The van der Waals surface area contributed by atoms with Gasteiger partial charge in [-0.1, -0.05) is 0 Å². The Labute approximate surface area is 140 Å². The van der Waals surface area contributed by atoms with Crippen LogP contribution in [0.5, 0.6) is 0 Å². The number of hydrogen-bond donors (Lipinski definition) is 1. The van der Waals surface area contributed by atoms with Crippen LogP contribution in [0.3, 0.4) is 0 Å². The molecule has 25 heavy (non-hydrogen) atoms. The van der Waals surface area contributed by atoms with Crippen LogP contribution >= 0.6 is 0 Å². The van der Waals surface area contributed by atoms with Crippen LogP contribution in [0.4, 0.5) is 4.39 Å². The molecule has 1 aromatic carbocycles. The van der Waals surface area contributed by atoms with Crippen LogP contribution in [-0.2, 0) is 0 Å². The zero-order chi connectivity index (χ0) is 17.6. The van der Waals surface area contributed by atoms with Crippen molar-refractivity contribution in [1.29, 1.82) is 0 Å². The first kappa shape index (κ1) is 15.1. The van der Waals surface area contributed by atoms with Crippen molar-refractivity contribution in [2.24, 2.45) is 0 Å². The molecule has 0 aliphatic carbocycles. The number of aromatic amines is 1. The van der Waals surface area contributed by atoms with E-state index in [0.717, 1.165) is 0 Å². The Morgan fingerprint density at radius 1 is 1.08 bits per heavy atom. The van der Waals surface area contributed by atoms with Crippen LogP contribution in [0.25, 0.3) is 22.3 Å². The Morgan fingerprint density at radius 2 is 1.84 bits per heavy atom. The lowest BCUT2D eigenvalue weighted by atomic mass is 10.2. The van der Waals surface area contributed by atoms with Crippen molar-refractivity contribution in [3.05, 3.63) is 87.1 Å². The van der Waals surface area contributed by atoms with Crippen LogP contribution in [-0.4, -0.2) is 19.3 Å². The Hall–Kier alpha value is -3.48. The van der Waals surface area contributed by atoms with Crippen molar-refractivity contribution >= 4 is 10.9 Å². The van der Waals surface area contributed by atoms with Gasteiger partial charge in [-0.15, -0.1) is 0 Å². The second-order valence-electron chi connectivity index (χ2n) is 5.63. The first-order chi connectivity index (χ1) is 12.1. The summed E-state index contributed by atoms with van der Waals surface area (Å²) in [6, 6.07) is 10.4. The highest BCUT2D eigenvalue weighted by molar-refractivity contribution is 5.81. The Kier molecular flexibility index (Phi) is 3.35. The van der Waals surface area contributed by atoms with Crippen molar-refractivity contribution in [3.63, 3.8) is 0 Å². The Bertz CT molecular complexity index is 1190. The van der Waals surface area contributed by atoms with E-state index >= 15 is 0 Å². The van der Waals surface area contributed by atoms with Gasteiger partial charge in [0.2, 0.25) is 0 Å². The van der Waals surface area contributed by atoms with Gasteiger partial charge < -0.3 is 0 Å². The molecule has 0 saturated heterocycles. The zero-order valence-corrected chi connectivity index (χ0v) is 13.2. The summed E-state index contributed by atoms with van der Waals surface area (Å²) in [5.41, 5.74) is 1.43. The molecule has 0 aliphatic heterocycles. The summed E-state index contributed by atoms with van der Waals surface area (Å²) in [5.74, 6) is -0.389. The van der Waals surface area contributed by atoms with E-state index in [0.29, 0.717) is 28.0 Å². The highest BCUT2D eigenvalue weighted by atomic mass is 19.1. The lowest BCUT2D eigenvalue weighted by Gasteiger charge is -2.09. The minimum atomic E-state index is -0.389. The monoisotopic (exact) mass is 336 g/mol. The van der Waals surface area contributed by atoms with E-state index < -0.39 is 0 Å². The largest absolute Gasteiger partial charge is 0.290 e. The maximum absolute atomic E-state index is 13.1. The maximum atomic E-state index is 13.1. The number of H-pyrrole nitrogens is 1. The molecule has 1 N–H and O–H groups in total. The number of rotatable bonds is 2. The lowest BCUT2D eigenvalue weighted by Crippen LogP contribution is -2.21. The molecule has 4 rings (SSSR count). The van der Waals surface area contributed by atoms with E-state index in [4.69, 9.17) is 0 Å². The normalized spacial score (nSPS) is 11.1. The molecular weight excluding hydrogens is 323 g/mol. The number of halogens is 1. The number of pyridine rings is 2. The molecule has 0 saturated carbocycles. The second-order valence-corrected chi connectivity index (χ2v) is 5.63. The summed E-state index contributed by atoms with van der Waals surface area (Å²) in [6.07, 6.45) is 3.17.